The highest BCUT2D eigenvalue weighted by atomic mass is 16.2. The van der Waals surface area contributed by atoms with Gasteiger partial charge in [-0.2, -0.15) is 0 Å². The molecule has 0 radical (unpaired) electrons. The van der Waals surface area contributed by atoms with Gasteiger partial charge in [-0.3, -0.25) is 14.5 Å². The fraction of sp³-hybridized carbons (Fsp3) is 0.692. The number of carbonyl (C=O) groups excluding carboxylic acids is 2. The van der Waals surface area contributed by atoms with Crippen molar-refractivity contribution < 1.29 is 9.59 Å². The number of aryl methyl sites for hydroxylation is 1. The zero-order valence-electron chi connectivity index (χ0n) is 19.8. The van der Waals surface area contributed by atoms with Gasteiger partial charge in [0.05, 0.1) is 6.04 Å². The van der Waals surface area contributed by atoms with Gasteiger partial charge in [0.15, 0.2) is 0 Å². The van der Waals surface area contributed by atoms with Crippen LogP contribution in [0.2, 0.25) is 0 Å². The molecule has 1 saturated heterocycles. The number of unbranched alkanes of at least 4 members (excludes halogenated alkanes) is 1. The number of piperazine rings is 1. The summed E-state index contributed by atoms with van der Waals surface area (Å²) in [6.07, 6.45) is 9.20. The highest BCUT2D eigenvalue weighted by Gasteiger charge is 2.38. The Morgan fingerprint density at radius 2 is 1.65 bits per heavy atom. The molecule has 5 heteroatoms. The maximum absolute atomic E-state index is 13.3. The van der Waals surface area contributed by atoms with Crippen molar-refractivity contribution in [2.75, 3.05) is 39.8 Å². The van der Waals surface area contributed by atoms with Crippen LogP contribution in [0.15, 0.2) is 24.3 Å². The summed E-state index contributed by atoms with van der Waals surface area (Å²) in [5.41, 5.74) is 2.08. The molecule has 2 amide bonds. The fourth-order valence-electron chi connectivity index (χ4n) is 5.18. The van der Waals surface area contributed by atoms with E-state index in [2.05, 4.69) is 30.9 Å². The third-order valence-electron chi connectivity index (χ3n) is 7.05. The lowest BCUT2D eigenvalue weighted by atomic mass is 9.94. The first-order chi connectivity index (χ1) is 15.0. The van der Waals surface area contributed by atoms with Crippen LogP contribution in [0.3, 0.4) is 0 Å². The van der Waals surface area contributed by atoms with Crippen LogP contribution in [0.5, 0.6) is 0 Å². The Balaban J connectivity index is 1.60. The molecular formula is C26H41N3O2. The second-order valence-corrected chi connectivity index (χ2v) is 9.38. The van der Waals surface area contributed by atoms with Crippen molar-refractivity contribution in [3.05, 3.63) is 35.4 Å². The number of likely N-dealkylation sites (N-methyl/N-ethyl adjacent to an activating group) is 1. The van der Waals surface area contributed by atoms with Crippen LogP contribution in [0.4, 0.5) is 0 Å². The number of rotatable bonds is 9. The second kappa shape index (κ2) is 11.7. The maximum atomic E-state index is 13.3. The minimum absolute atomic E-state index is 0.0193. The SMILES string of the molecule is CCCCc1ccc(C(=O)N2CCN(C(C(=O)N(C)CCC)C3CCCC3)CC2)cc1. The summed E-state index contributed by atoms with van der Waals surface area (Å²) < 4.78 is 0. The third-order valence-corrected chi connectivity index (χ3v) is 7.05. The van der Waals surface area contributed by atoms with Crippen molar-refractivity contribution in [1.82, 2.24) is 14.7 Å². The van der Waals surface area contributed by atoms with Gasteiger partial charge in [0, 0.05) is 45.3 Å². The summed E-state index contributed by atoms with van der Waals surface area (Å²) in [4.78, 5) is 32.5. The lowest BCUT2D eigenvalue weighted by Gasteiger charge is -2.42. The zero-order chi connectivity index (χ0) is 22.2. The van der Waals surface area contributed by atoms with E-state index in [4.69, 9.17) is 0 Å². The average Bonchev–Trinajstić information content (AvgIpc) is 3.32. The van der Waals surface area contributed by atoms with E-state index in [-0.39, 0.29) is 17.9 Å². The predicted octanol–water partition coefficient (Wildman–Crippen LogP) is 4.21. The summed E-state index contributed by atoms with van der Waals surface area (Å²) in [5, 5.41) is 0. The maximum Gasteiger partial charge on any atom is 0.253 e. The predicted molar refractivity (Wildman–Crippen MR) is 126 cm³/mol. The van der Waals surface area contributed by atoms with Gasteiger partial charge < -0.3 is 9.80 Å². The van der Waals surface area contributed by atoms with Gasteiger partial charge in [0.1, 0.15) is 0 Å². The quantitative estimate of drug-likeness (QED) is 0.593. The first-order valence-electron chi connectivity index (χ1n) is 12.4. The molecular weight excluding hydrogens is 386 g/mol. The van der Waals surface area contributed by atoms with E-state index >= 15 is 0 Å². The molecule has 31 heavy (non-hydrogen) atoms. The van der Waals surface area contributed by atoms with E-state index in [1.807, 2.05) is 29.0 Å². The zero-order valence-corrected chi connectivity index (χ0v) is 19.8. The molecule has 2 aliphatic rings. The van der Waals surface area contributed by atoms with Gasteiger partial charge in [-0.15, -0.1) is 0 Å². The largest absolute Gasteiger partial charge is 0.344 e. The van der Waals surface area contributed by atoms with Crippen LogP contribution in [-0.2, 0) is 11.2 Å². The monoisotopic (exact) mass is 427 g/mol. The highest BCUT2D eigenvalue weighted by Crippen LogP contribution is 2.32. The molecule has 5 nitrogen and oxygen atoms in total. The molecule has 1 unspecified atom stereocenters. The van der Waals surface area contributed by atoms with Crippen molar-refractivity contribution in [1.29, 1.82) is 0 Å². The fourth-order valence-corrected chi connectivity index (χ4v) is 5.18. The van der Waals surface area contributed by atoms with Crippen LogP contribution in [0.25, 0.3) is 0 Å². The summed E-state index contributed by atoms with van der Waals surface area (Å²) >= 11 is 0. The smallest absolute Gasteiger partial charge is 0.253 e. The number of carbonyl (C=O) groups is 2. The van der Waals surface area contributed by atoms with Gasteiger partial charge in [-0.1, -0.05) is 45.2 Å². The number of nitrogens with zero attached hydrogens (tertiary/aromatic N) is 3. The topological polar surface area (TPSA) is 43.9 Å². The first-order valence-corrected chi connectivity index (χ1v) is 12.4. The lowest BCUT2D eigenvalue weighted by Crippen LogP contribution is -2.58. The Bertz CT molecular complexity index is 704. The molecule has 1 aliphatic carbocycles. The van der Waals surface area contributed by atoms with Gasteiger partial charge >= 0.3 is 0 Å². The Hall–Kier alpha value is -1.88. The lowest BCUT2D eigenvalue weighted by molar-refractivity contribution is -0.138. The Morgan fingerprint density at radius 1 is 1.00 bits per heavy atom. The molecule has 1 saturated carbocycles. The summed E-state index contributed by atoms with van der Waals surface area (Å²) in [6, 6.07) is 8.12. The number of hydrogen-bond donors (Lipinski definition) is 0. The van der Waals surface area contributed by atoms with Crippen molar-refractivity contribution in [3.63, 3.8) is 0 Å². The third kappa shape index (κ3) is 6.09. The molecule has 2 fully saturated rings. The Kier molecular flexibility index (Phi) is 8.94. The Morgan fingerprint density at radius 3 is 2.23 bits per heavy atom. The standard InChI is InChI=1S/C26H41N3O2/c1-4-6-9-21-12-14-23(15-13-21)25(30)29-19-17-28(18-20-29)24(22-10-7-8-11-22)26(31)27(3)16-5-2/h12-15,22,24H,4-11,16-20H2,1-3H3. The van der Waals surface area contributed by atoms with Crippen LogP contribution < -0.4 is 0 Å². The van der Waals surface area contributed by atoms with Gasteiger partial charge in [0.25, 0.3) is 5.91 Å². The van der Waals surface area contributed by atoms with E-state index < -0.39 is 0 Å². The molecule has 1 heterocycles. The highest BCUT2D eigenvalue weighted by molar-refractivity contribution is 5.94. The molecule has 1 aromatic carbocycles. The summed E-state index contributed by atoms with van der Waals surface area (Å²) in [6.45, 7) is 8.10. The van der Waals surface area contributed by atoms with Crippen molar-refractivity contribution >= 4 is 11.8 Å². The molecule has 0 aromatic heterocycles. The molecule has 0 spiro atoms. The number of benzene rings is 1. The van der Waals surface area contributed by atoms with Crippen LogP contribution in [-0.4, -0.2) is 72.3 Å². The van der Waals surface area contributed by atoms with E-state index in [0.29, 0.717) is 19.0 Å². The molecule has 0 bridgehead atoms. The van der Waals surface area contributed by atoms with Crippen LogP contribution in [0, 0.1) is 5.92 Å². The molecule has 3 rings (SSSR count). The minimum Gasteiger partial charge on any atom is -0.344 e. The number of amides is 2. The average molecular weight is 428 g/mol. The minimum atomic E-state index is -0.0193. The summed E-state index contributed by atoms with van der Waals surface area (Å²) in [5.74, 6) is 0.856. The molecule has 1 atom stereocenters. The van der Waals surface area contributed by atoms with Gasteiger partial charge in [0.2, 0.25) is 5.91 Å². The van der Waals surface area contributed by atoms with E-state index in [1.54, 1.807) is 0 Å². The Labute approximate surface area is 188 Å². The summed E-state index contributed by atoms with van der Waals surface area (Å²) in [7, 11) is 1.94. The normalized spacial score (nSPS) is 18.9. The van der Waals surface area contributed by atoms with Crippen LogP contribution >= 0.6 is 0 Å². The molecule has 0 N–H and O–H groups in total. The molecule has 1 aromatic rings. The van der Waals surface area contributed by atoms with E-state index in [1.165, 1.54) is 31.2 Å². The van der Waals surface area contributed by atoms with Crippen molar-refractivity contribution in [2.45, 2.75) is 71.3 Å². The van der Waals surface area contributed by atoms with Crippen LogP contribution in [0.1, 0.15) is 74.7 Å². The van der Waals surface area contributed by atoms with Crippen molar-refractivity contribution in [2.24, 2.45) is 5.92 Å². The molecule has 172 valence electrons. The van der Waals surface area contributed by atoms with Gasteiger partial charge in [-0.25, -0.2) is 0 Å². The molecule has 1 aliphatic heterocycles. The number of hydrogen-bond acceptors (Lipinski definition) is 3. The van der Waals surface area contributed by atoms with Gasteiger partial charge in [-0.05, 0) is 55.7 Å². The van der Waals surface area contributed by atoms with E-state index in [0.717, 1.165) is 50.9 Å². The second-order valence-electron chi connectivity index (χ2n) is 9.38. The van der Waals surface area contributed by atoms with Crippen molar-refractivity contribution in [3.8, 4) is 0 Å². The van der Waals surface area contributed by atoms with E-state index in [9.17, 15) is 9.59 Å². The first kappa shape index (κ1) is 23.8.